The second kappa shape index (κ2) is 10.1. The van der Waals surface area contributed by atoms with Crippen molar-refractivity contribution in [2.75, 3.05) is 10.6 Å². The van der Waals surface area contributed by atoms with E-state index in [2.05, 4.69) is 16.0 Å². The number of amides is 2. The molecule has 140 valence electrons. The zero-order valence-corrected chi connectivity index (χ0v) is 16.7. The van der Waals surface area contributed by atoms with E-state index < -0.39 is 5.91 Å². The lowest BCUT2D eigenvalue weighted by molar-refractivity contribution is -0.116. The second-order valence-electron chi connectivity index (χ2n) is 5.42. The standard InChI is InChI=1S/C19H17Cl2N3O2S/c1-2-17(25)22-14-8-9-15(21)16(11-14)23-19(27)24-18(26)10-5-12-3-6-13(20)7-4-12/h3-11H,2H2,1H3,(H,22,25)(H2,23,24,26,27). The van der Waals surface area contributed by atoms with Gasteiger partial charge in [0, 0.05) is 23.2 Å². The van der Waals surface area contributed by atoms with Crippen LogP contribution in [-0.4, -0.2) is 16.9 Å². The third-order valence-corrected chi connectivity index (χ3v) is 4.14. The molecular formula is C19H17Cl2N3O2S. The molecule has 0 radical (unpaired) electrons. The molecule has 0 saturated carbocycles. The van der Waals surface area contributed by atoms with E-state index in [1.807, 2.05) is 0 Å². The fraction of sp³-hybridized carbons (Fsp3) is 0.105. The molecule has 2 rings (SSSR count). The van der Waals surface area contributed by atoms with Crippen molar-refractivity contribution in [3.63, 3.8) is 0 Å². The lowest BCUT2D eigenvalue weighted by atomic mass is 10.2. The fourth-order valence-electron chi connectivity index (χ4n) is 2.00. The van der Waals surface area contributed by atoms with Crippen molar-refractivity contribution in [3.05, 3.63) is 64.1 Å². The van der Waals surface area contributed by atoms with Crippen LogP contribution in [0.15, 0.2) is 48.5 Å². The Morgan fingerprint density at radius 2 is 1.78 bits per heavy atom. The Morgan fingerprint density at radius 3 is 2.44 bits per heavy atom. The first-order valence-corrected chi connectivity index (χ1v) is 9.19. The third kappa shape index (κ3) is 7.02. The summed E-state index contributed by atoms with van der Waals surface area (Å²) in [5, 5.41) is 9.21. The predicted molar refractivity (Wildman–Crippen MR) is 115 cm³/mol. The van der Waals surface area contributed by atoms with Crippen LogP contribution in [0.1, 0.15) is 18.9 Å². The Balaban J connectivity index is 1.96. The summed E-state index contributed by atoms with van der Waals surface area (Å²) in [5.41, 5.74) is 1.87. The molecule has 0 aromatic heterocycles. The second-order valence-corrected chi connectivity index (χ2v) is 6.68. The van der Waals surface area contributed by atoms with E-state index >= 15 is 0 Å². The van der Waals surface area contributed by atoms with E-state index in [4.69, 9.17) is 35.4 Å². The number of carbonyl (C=O) groups is 2. The zero-order valence-electron chi connectivity index (χ0n) is 14.4. The number of hydrogen-bond acceptors (Lipinski definition) is 3. The number of nitrogens with one attached hydrogen (secondary N) is 3. The molecule has 2 amide bonds. The first-order chi connectivity index (χ1) is 12.9. The van der Waals surface area contributed by atoms with Crippen LogP contribution in [0, 0.1) is 0 Å². The number of benzene rings is 2. The molecule has 3 N–H and O–H groups in total. The highest BCUT2D eigenvalue weighted by atomic mass is 35.5. The van der Waals surface area contributed by atoms with Gasteiger partial charge in [-0.05, 0) is 54.2 Å². The van der Waals surface area contributed by atoms with E-state index in [1.165, 1.54) is 6.08 Å². The zero-order chi connectivity index (χ0) is 19.8. The molecule has 0 saturated heterocycles. The van der Waals surface area contributed by atoms with Crippen LogP contribution >= 0.6 is 35.4 Å². The lowest BCUT2D eigenvalue weighted by Crippen LogP contribution is -2.32. The number of thiocarbonyl (C=S) groups is 1. The molecule has 0 aliphatic rings. The van der Waals surface area contributed by atoms with Gasteiger partial charge in [-0.3, -0.25) is 14.9 Å². The maximum absolute atomic E-state index is 12.0. The topological polar surface area (TPSA) is 70.2 Å². The van der Waals surface area contributed by atoms with Crippen LogP contribution in [0.4, 0.5) is 11.4 Å². The summed E-state index contributed by atoms with van der Waals surface area (Å²) in [5.74, 6) is -0.513. The van der Waals surface area contributed by atoms with Gasteiger partial charge in [0.05, 0.1) is 10.7 Å². The Hall–Kier alpha value is -2.41. The quantitative estimate of drug-likeness (QED) is 0.475. The van der Waals surface area contributed by atoms with Gasteiger partial charge < -0.3 is 10.6 Å². The molecule has 5 nitrogen and oxygen atoms in total. The largest absolute Gasteiger partial charge is 0.331 e. The lowest BCUT2D eigenvalue weighted by Gasteiger charge is -2.12. The molecule has 0 bridgehead atoms. The van der Waals surface area contributed by atoms with Gasteiger partial charge in [0.1, 0.15) is 0 Å². The normalized spacial score (nSPS) is 10.5. The van der Waals surface area contributed by atoms with Crippen LogP contribution in [0.5, 0.6) is 0 Å². The molecule has 0 atom stereocenters. The van der Waals surface area contributed by atoms with Crippen molar-refractivity contribution < 1.29 is 9.59 Å². The molecule has 2 aromatic rings. The molecule has 0 unspecified atom stereocenters. The highest BCUT2D eigenvalue weighted by Crippen LogP contribution is 2.25. The molecule has 0 aliphatic carbocycles. The van der Waals surface area contributed by atoms with Crippen LogP contribution in [0.2, 0.25) is 10.0 Å². The van der Waals surface area contributed by atoms with Crippen molar-refractivity contribution in [2.24, 2.45) is 0 Å². The number of carbonyl (C=O) groups excluding carboxylic acids is 2. The SMILES string of the molecule is CCC(=O)Nc1ccc(Cl)c(NC(=S)NC(=O)C=Cc2ccc(Cl)cc2)c1. The molecule has 8 heteroatoms. The average Bonchev–Trinajstić information content (AvgIpc) is 2.63. The van der Waals surface area contributed by atoms with Crippen LogP contribution in [0.25, 0.3) is 6.08 Å². The minimum atomic E-state index is -0.394. The van der Waals surface area contributed by atoms with Gasteiger partial charge in [0.25, 0.3) is 0 Å². The predicted octanol–water partition coefficient (Wildman–Crippen LogP) is 4.87. The van der Waals surface area contributed by atoms with E-state index in [0.29, 0.717) is 27.8 Å². The Kier molecular flexibility index (Phi) is 7.79. The minimum Gasteiger partial charge on any atom is -0.331 e. The molecular weight excluding hydrogens is 405 g/mol. The van der Waals surface area contributed by atoms with E-state index in [0.717, 1.165) is 5.56 Å². The number of hydrogen-bond donors (Lipinski definition) is 3. The van der Waals surface area contributed by atoms with Gasteiger partial charge in [-0.25, -0.2) is 0 Å². The van der Waals surface area contributed by atoms with E-state index in [1.54, 1.807) is 55.5 Å². The number of anilines is 2. The molecule has 0 fully saturated rings. The molecule has 2 aromatic carbocycles. The summed E-state index contributed by atoms with van der Waals surface area (Å²) in [4.78, 5) is 23.5. The highest BCUT2D eigenvalue weighted by Gasteiger charge is 2.07. The highest BCUT2D eigenvalue weighted by molar-refractivity contribution is 7.80. The third-order valence-electron chi connectivity index (χ3n) is 3.35. The summed E-state index contributed by atoms with van der Waals surface area (Å²) in [6, 6.07) is 12.0. The van der Waals surface area contributed by atoms with Crippen molar-refractivity contribution in [1.29, 1.82) is 0 Å². The fourth-order valence-corrected chi connectivity index (χ4v) is 2.50. The molecule has 27 heavy (non-hydrogen) atoms. The van der Waals surface area contributed by atoms with E-state index in [-0.39, 0.29) is 11.0 Å². The van der Waals surface area contributed by atoms with Gasteiger partial charge in [-0.15, -0.1) is 0 Å². The van der Waals surface area contributed by atoms with Gasteiger partial charge in [-0.1, -0.05) is 42.3 Å². The number of rotatable bonds is 5. The van der Waals surface area contributed by atoms with Crippen LogP contribution in [0.3, 0.4) is 0 Å². The van der Waals surface area contributed by atoms with Gasteiger partial charge in [0.2, 0.25) is 11.8 Å². The molecule has 0 spiro atoms. The first kappa shape index (κ1) is 20.9. The summed E-state index contributed by atoms with van der Waals surface area (Å²) in [6.07, 6.45) is 3.36. The first-order valence-electron chi connectivity index (χ1n) is 8.02. The Labute approximate surface area is 172 Å². The molecule has 0 aliphatic heterocycles. The monoisotopic (exact) mass is 421 g/mol. The van der Waals surface area contributed by atoms with Gasteiger partial charge in [0.15, 0.2) is 5.11 Å². The maximum Gasteiger partial charge on any atom is 0.250 e. The van der Waals surface area contributed by atoms with Crippen molar-refractivity contribution in [2.45, 2.75) is 13.3 Å². The maximum atomic E-state index is 12.0. The summed E-state index contributed by atoms with van der Waals surface area (Å²) in [6.45, 7) is 1.76. The van der Waals surface area contributed by atoms with Crippen LogP contribution < -0.4 is 16.0 Å². The number of halogens is 2. The summed E-state index contributed by atoms with van der Waals surface area (Å²) in [7, 11) is 0. The van der Waals surface area contributed by atoms with Crippen molar-refractivity contribution in [3.8, 4) is 0 Å². The molecule has 0 heterocycles. The average molecular weight is 422 g/mol. The van der Waals surface area contributed by atoms with Crippen molar-refractivity contribution >= 4 is 69.8 Å². The summed E-state index contributed by atoms with van der Waals surface area (Å²) >= 11 is 17.1. The Morgan fingerprint density at radius 1 is 1.07 bits per heavy atom. The smallest absolute Gasteiger partial charge is 0.250 e. The van der Waals surface area contributed by atoms with E-state index in [9.17, 15) is 9.59 Å². The minimum absolute atomic E-state index is 0.0848. The Bertz CT molecular complexity index is 883. The van der Waals surface area contributed by atoms with Crippen LogP contribution in [-0.2, 0) is 9.59 Å². The summed E-state index contributed by atoms with van der Waals surface area (Å²) < 4.78 is 0. The van der Waals surface area contributed by atoms with Gasteiger partial charge >= 0.3 is 0 Å². The van der Waals surface area contributed by atoms with Crippen molar-refractivity contribution in [1.82, 2.24) is 5.32 Å². The van der Waals surface area contributed by atoms with Gasteiger partial charge in [-0.2, -0.15) is 0 Å².